The first kappa shape index (κ1) is 16.0. The highest BCUT2D eigenvalue weighted by Gasteiger charge is 2.30. The molecule has 1 aliphatic heterocycles. The van der Waals surface area contributed by atoms with Crippen molar-refractivity contribution in [3.8, 4) is 0 Å². The minimum absolute atomic E-state index is 0.0876. The van der Waals surface area contributed by atoms with Gasteiger partial charge in [-0.2, -0.15) is 5.10 Å². The van der Waals surface area contributed by atoms with E-state index in [1.165, 1.54) is 12.5 Å². The van der Waals surface area contributed by atoms with E-state index in [0.29, 0.717) is 11.4 Å². The molecule has 0 unspecified atom stereocenters. The van der Waals surface area contributed by atoms with Crippen LogP contribution in [0, 0.1) is 0 Å². The number of anilines is 1. The summed E-state index contributed by atoms with van der Waals surface area (Å²) in [7, 11) is 0. The van der Waals surface area contributed by atoms with E-state index in [0.717, 1.165) is 11.8 Å². The fourth-order valence-electron chi connectivity index (χ4n) is 1.99. The Morgan fingerprint density at radius 3 is 2.88 bits per heavy atom. The van der Waals surface area contributed by atoms with Gasteiger partial charge in [-0.1, -0.05) is 30.0 Å². The van der Waals surface area contributed by atoms with Gasteiger partial charge < -0.3 is 15.1 Å². The number of carbonyl (C=O) groups is 2. The van der Waals surface area contributed by atoms with E-state index in [1.807, 2.05) is 18.2 Å². The summed E-state index contributed by atoms with van der Waals surface area (Å²) in [5.41, 5.74) is 0.684. The quantitative estimate of drug-likeness (QED) is 0.658. The van der Waals surface area contributed by atoms with Gasteiger partial charge in [0.15, 0.2) is 5.17 Å². The molecule has 2 amide bonds. The topological polar surface area (TPSA) is 96.1 Å². The van der Waals surface area contributed by atoms with Crippen LogP contribution in [-0.2, 0) is 9.59 Å². The van der Waals surface area contributed by atoms with Gasteiger partial charge in [-0.3, -0.25) is 9.59 Å². The van der Waals surface area contributed by atoms with E-state index in [9.17, 15) is 9.59 Å². The number of hydrogen-bond donors (Lipinski definition) is 2. The smallest absolute Gasteiger partial charge is 0.238 e. The lowest BCUT2D eigenvalue weighted by molar-refractivity contribution is -0.123. The predicted molar refractivity (Wildman–Crippen MR) is 92.9 cm³/mol. The number of rotatable bonds is 4. The highest BCUT2D eigenvalue weighted by molar-refractivity contribution is 8.15. The molecule has 1 aliphatic rings. The number of benzene rings is 1. The average molecular weight is 342 g/mol. The van der Waals surface area contributed by atoms with Gasteiger partial charge in [-0.25, -0.2) is 0 Å². The summed E-state index contributed by atoms with van der Waals surface area (Å²) in [4.78, 5) is 24.1. The van der Waals surface area contributed by atoms with Gasteiger partial charge in [0, 0.05) is 12.1 Å². The number of hydrogen-bond acceptors (Lipinski definition) is 6. The second kappa shape index (κ2) is 7.60. The van der Waals surface area contributed by atoms with Crippen LogP contribution in [0.2, 0.25) is 0 Å². The normalized spacial score (nSPS) is 19.4. The molecular formula is C16H14N4O3S. The largest absolute Gasteiger partial charge is 0.463 e. The second-order valence-electron chi connectivity index (χ2n) is 4.88. The molecule has 2 heterocycles. The second-order valence-corrected chi connectivity index (χ2v) is 6.07. The zero-order valence-corrected chi connectivity index (χ0v) is 13.3. The lowest BCUT2D eigenvalue weighted by Gasteiger charge is -2.21. The molecule has 2 N–H and O–H groups in total. The van der Waals surface area contributed by atoms with E-state index in [4.69, 9.17) is 4.42 Å². The van der Waals surface area contributed by atoms with Crippen molar-refractivity contribution in [3.63, 3.8) is 0 Å². The van der Waals surface area contributed by atoms with Crippen molar-refractivity contribution >= 4 is 40.6 Å². The third-order valence-corrected chi connectivity index (χ3v) is 4.15. The minimum Gasteiger partial charge on any atom is -0.463 e. The summed E-state index contributed by atoms with van der Waals surface area (Å²) >= 11 is 1.16. The van der Waals surface area contributed by atoms with Crippen molar-refractivity contribution in [1.82, 2.24) is 5.32 Å². The van der Waals surface area contributed by atoms with Crippen molar-refractivity contribution in [2.45, 2.75) is 11.7 Å². The number of amidine groups is 1. The SMILES string of the molecule is O=C1C[C@@H](C(=O)Nc2ccccc2)SC(=N/N=C\c2ccco2)N1. The van der Waals surface area contributed by atoms with Crippen LogP contribution < -0.4 is 10.6 Å². The fraction of sp³-hybridized carbons (Fsp3) is 0.125. The van der Waals surface area contributed by atoms with Crippen LogP contribution >= 0.6 is 11.8 Å². The fourth-order valence-corrected chi connectivity index (χ4v) is 2.92. The number of thioether (sulfide) groups is 1. The van der Waals surface area contributed by atoms with Crippen LogP contribution in [0.4, 0.5) is 5.69 Å². The van der Waals surface area contributed by atoms with Crippen LogP contribution in [-0.4, -0.2) is 28.4 Å². The number of nitrogens with one attached hydrogen (secondary N) is 2. The molecule has 0 aliphatic carbocycles. The molecule has 0 saturated carbocycles. The van der Waals surface area contributed by atoms with Crippen molar-refractivity contribution in [2.75, 3.05) is 5.32 Å². The highest BCUT2D eigenvalue weighted by Crippen LogP contribution is 2.22. The number of nitrogens with zero attached hydrogens (tertiary/aromatic N) is 2. The van der Waals surface area contributed by atoms with Gasteiger partial charge in [0.25, 0.3) is 0 Å². The minimum atomic E-state index is -0.559. The molecule has 0 bridgehead atoms. The van der Waals surface area contributed by atoms with Gasteiger partial charge in [-0.05, 0) is 24.3 Å². The first-order valence-electron chi connectivity index (χ1n) is 7.17. The third kappa shape index (κ3) is 4.32. The molecule has 1 aromatic carbocycles. The van der Waals surface area contributed by atoms with Gasteiger partial charge >= 0.3 is 0 Å². The molecule has 7 nitrogen and oxygen atoms in total. The van der Waals surface area contributed by atoms with Crippen LogP contribution in [0.3, 0.4) is 0 Å². The Kier molecular flexibility index (Phi) is 5.07. The van der Waals surface area contributed by atoms with Gasteiger partial charge in [0.2, 0.25) is 11.8 Å². The molecule has 24 heavy (non-hydrogen) atoms. The monoisotopic (exact) mass is 342 g/mol. The van der Waals surface area contributed by atoms with Crippen molar-refractivity contribution in [3.05, 3.63) is 54.5 Å². The van der Waals surface area contributed by atoms with E-state index in [-0.39, 0.29) is 23.4 Å². The van der Waals surface area contributed by atoms with E-state index < -0.39 is 5.25 Å². The van der Waals surface area contributed by atoms with E-state index in [1.54, 1.807) is 24.3 Å². The van der Waals surface area contributed by atoms with Gasteiger partial charge in [-0.15, -0.1) is 5.10 Å². The molecule has 1 fully saturated rings. The number of para-hydroxylation sites is 1. The lowest BCUT2D eigenvalue weighted by atomic mass is 10.2. The lowest BCUT2D eigenvalue weighted by Crippen LogP contribution is -2.41. The van der Waals surface area contributed by atoms with Crippen LogP contribution in [0.25, 0.3) is 0 Å². The van der Waals surface area contributed by atoms with Crippen molar-refractivity contribution < 1.29 is 14.0 Å². The molecule has 1 aromatic heterocycles. The van der Waals surface area contributed by atoms with Crippen LogP contribution in [0.15, 0.2) is 63.3 Å². The maximum Gasteiger partial charge on any atom is 0.238 e. The summed E-state index contributed by atoms with van der Waals surface area (Å²) in [6.07, 6.45) is 3.03. The molecule has 8 heteroatoms. The first-order chi connectivity index (χ1) is 11.7. The Hall–Kier alpha value is -2.87. The Morgan fingerprint density at radius 1 is 1.29 bits per heavy atom. The van der Waals surface area contributed by atoms with E-state index in [2.05, 4.69) is 20.8 Å². The molecule has 0 spiro atoms. The highest BCUT2D eigenvalue weighted by atomic mass is 32.2. The molecule has 122 valence electrons. The van der Waals surface area contributed by atoms with Gasteiger partial charge in [0.1, 0.15) is 11.0 Å². The maximum atomic E-state index is 12.3. The zero-order chi connectivity index (χ0) is 16.8. The number of amides is 2. The molecule has 0 radical (unpaired) electrons. The average Bonchev–Trinajstić information content (AvgIpc) is 3.09. The zero-order valence-electron chi connectivity index (χ0n) is 12.5. The van der Waals surface area contributed by atoms with E-state index >= 15 is 0 Å². The molecule has 2 aromatic rings. The van der Waals surface area contributed by atoms with Crippen LogP contribution in [0.5, 0.6) is 0 Å². The Bertz CT molecular complexity index is 772. The first-order valence-corrected chi connectivity index (χ1v) is 8.05. The molecule has 1 saturated heterocycles. The van der Waals surface area contributed by atoms with Crippen molar-refractivity contribution in [2.24, 2.45) is 10.2 Å². The van der Waals surface area contributed by atoms with Crippen LogP contribution in [0.1, 0.15) is 12.2 Å². The summed E-state index contributed by atoms with van der Waals surface area (Å²) in [6.45, 7) is 0. The molecule has 1 atom stereocenters. The summed E-state index contributed by atoms with van der Waals surface area (Å²) in [5.74, 6) is 0.0301. The molecule has 3 rings (SSSR count). The van der Waals surface area contributed by atoms with Crippen molar-refractivity contribution in [1.29, 1.82) is 0 Å². The Balaban J connectivity index is 1.64. The third-order valence-electron chi connectivity index (χ3n) is 3.08. The number of furan rings is 1. The Morgan fingerprint density at radius 2 is 2.12 bits per heavy atom. The summed E-state index contributed by atoms with van der Waals surface area (Å²) < 4.78 is 5.09. The Labute approximate surface area is 142 Å². The molecular weight excluding hydrogens is 328 g/mol. The van der Waals surface area contributed by atoms with Gasteiger partial charge in [0.05, 0.1) is 12.5 Å². The maximum absolute atomic E-state index is 12.3. The predicted octanol–water partition coefficient (Wildman–Crippen LogP) is 2.23. The standard InChI is InChI=1S/C16H14N4O3S/c21-14-9-13(15(22)18-11-5-2-1-3-6-11)24-16(19-14)20-17-10-12-7-4-8-23-12/h1-8,10,13H,9H2,(H,18,22)(H,19,20,21)/b17-10-/t13-/m0/s1. The summed E-state index contributed by atoms with van der Waals surface area (Å²) in [5, 5.41) is 12.9. The summed E-state index contributed by atoms with van der Waals surface area (Å²) in [6, 6.07) is 12.5. The number of carbonyl (C=O) groups excluding carboxylic acids is 2.